The van der Waals surface area contributed by atoms with Crippen LogP contribution < -0.4 is 10.6 Å². The first-order valence-electron chi connectivity index (χ1n) is 6.51. The molecule has 5 nitrogen and oxygen atoms in total. The minimum absolute atomic E-state index is 0.112. The third-order valence-corrected chi connectivity index (χ3v) is 2.71. The summed E-state index contributed by atoms with van der Waals surface area (Å²) in [6.07, 6.45) is 2.98. The Balaban J connectivity index is 2.06. The largest absolute Gasteiger partial charge is 0.364 e. The minimum atomic E-state index is -0.327. The molecule has 2 aromatic rings. The number of aromatic nitrogens is 2. The number of hydrogen-bond acceptors (Lipinski definition) is 4. The quantitative estimate of drug-likeness (QED) is 0.909. The second kappa shape index (κ2) is 6.10. The maximum absolute atomic E-state index is 12.0. The van der Waals surface area contributed by atoms with Crippen molar-refractivity contribution in [3.8, 4) is 0 Å². The van der Waals surface area contributed by atoms with Crippen molar-refractivity contribution in [3.63, 3.8) is 0 Å². The van der Waals surface area contributed by atoms with Crippen LogP contribution >= 0.6 is 11.6 Å². The van der Waals surface area contributed by atoms with Crippen LogP contribution in [-0.2, 0) is 0 Å². The Bertz CT molecular complexity index is 635. The molecule has 0 unspecified atom stereocenters. The average molecular weight is 305 g/mol. The van der Waals surface area contributed by atoms with Gasteiger partial charge in [0.15, 0.2) is 0 Å². The highest BCUT2D eigenvalue weighted by molar-refractivity contribution is 6.30. The first kappa shape index (κ1) is 15.3. The van der Waals surface area contributed by atoms with Gasteiger partial charge in [-0.25, -0.2) is 9.97 Å². The summed E-state index contributed by atoms with van der Waals surface area (Å²) in [4.78, 5) is 20.3. The third kappa shape index (κ3) is 4.72. The number of rotatable bonds is 3. The third-order valence-electron chi connectivity index (χ3n) is 2.47. The molecular formula is C15H17ClN4O. The Morgan fingerprint density at radius 3 is 2.52 bits per heavy atom. The molecule has 0 radical (unpaired) electrons. The molecule has 1 amide bonds. The lowest BCUT2D eigenvalue weighted by molar-refractivity contribution is 0.102. The molecule has 21 heavy (non-hydrogen) atoms. The molecule has 1 heterocycles. The van der Waals surface area contributed by atoms with E-state index in [2.05, 4.69) is 20.6 Å². The second-order valence-corrected chi connectivity index (χ2v) is 6.06. The first-order chi connectivity index (χ1) is 9.83. The van der Waals surface area contributed by atoms with Crippen LogP contribution in [0.25, 0.3) is 0 Å². The topological polar surface area (TPSA) is 66.9 Å². The number of halogens is 1. The zero-order chi connectivity index (χ0) is 15.5. The molecule has 0 saturated heterocycles. The van der Waals surface area contributed by atoms with Crippen LogP contribution in [0.5, 0.6) is 0 Å². The molecule has 0 bridgehead atoms. The minimum Gasteiger partial charge on any atom is -0.364 e. The molecule has 1 aromatic heterocycles. The Morgan fingerprint density at radius 1 is 1.19 bits per heavy atom. The summed E-state index contributed by atoms with van der Waals surface area (Å²) in [7, 11) is 0. The number of hydrogen-bond donors (Lipinski definition) is 2. The summed E-state index contributed by atoms with van der Waals surface area (Å²) < 4.78 is 0. The van der Waals surface area contributed by atoms with Gasteiger partial charge in [0.2, 0.25) is 0 Å². The second-order valence-electron chi connectivity index (χ2n) is 5.63. The molecule has 2 rings (SSSR count). The molecule has 2 N–H and O–H groups in total. The molecule has 0 aliphatic carbocycles. The molecule has 0 fully saturated rings. The number of amides is 1. The SMILES string of the molecule is CC(C)(C)Nc1cnc(C(=O)Nc2cccc(Cl)c2)cn1. The normalized spacial score (nSPS) is 11.0. The van der Waals surface area contributed by atoms with E-state index in [1.165, 1.54) is 12.4 Å². The number of nitrogens with one attached hydrogen (secondary N) is 2. The van der Waals surface area contributed by atoms with E-state index in [0.717, 1.165) is 0 Å². The van der Waals surface area contributed by atoms with E-state index in [4.69, 9.17) is 11.6 Å². The van der Waals surface area contributed by atoms with Crippen LogP contribution in [-0.4, -0.2) is 21.4 Å². The maximum atomic E-state index is 12.0. The van der Waals surface area contributed by atoms with Gasteiger partial charge in [-0.3, -0.25) is 4.79 Å². The lowest BCUT2D eigenvalue weighted by Crippen LogP contribution is -2.27. The average Bonchev–Trinajstić information content (AvgIpc) is 2.37. The molecule has 0 saturated carbocycles. The zero-order valence-corrected chi connectivity index (χ0v) is 12.9. The fourth-order valence-electron chi connectivity index (χ4n) is 1.66. The Labute approximate surface area is 128 Å². The number of anilines is 2. The molecular weight excluding hydrogens is 288 g/mol. The van der Waals surface area contributed by atoms with Gasteiger partial charge in [-0.15, -0.1) is 0 Å². The van der Waals surface area contributed by atoms with Crippen molar-refractivity contribution in [2.45, 2.75) is 26.3 Å². The molecule has 1 aromatic carbocycles. The summed E-state index contributed by atoms with van der Waals surface area (Å²) in [6, 6.07) is 6.93. The van der Waals surface area contributed by atoms with Crippen LogP contribution in [0.15, 0.2) is 36.7 Å². The summed E-state index contributed by atoms with van der Waals surface area (Å²) >= 11 is 5.87. The van der Waals surface area contributed by atoms with Gasteiger partial charge in [0, 0.05) is 16.2 Å². The first-order valence-corrected chi connectivity index (χ1v) is 6.88. The fraction of sp³-hybridized carbons (Fsp3) is 0.267. The van der Waals surface area contributed by atoms with Crippen molar-refractivity contribution in [1.82, 2.24) is 9.97 Å². The monoisotopic (exact) mass is 304 g/mol. The summed E-state index contributed by atoms with van der Waals surface area (Å²) in [5, 5.41) is 6.46. The maximum Gasteiger partial charge on any atom is 0.275 e. The zero-order valence-electron chi connectivity index (χ0n) is 12.1. The summed E-state index contributed by atoms with van der Waals surface area (Å²) in [5.74, 6) is 0.300. The van der Waals surface area contributed by atoms with Crippen LogP contribution in [0.3, 0.4) is 0 Å². The van der Waals surface area contributed by atoms with Gasteiger partial charge in [-0.1, -0.05) is 17.7 Å². The molecule has 6 heteroatoms. The van der Waals surface area contributed by atoms with E-state index in [0.29, 0.717) is 16.5 Å². The number of carbonyl (C=O) groups is 1. The van der Waals surface area contributed by atoms with E-state index < -0.39 is 0 Å². The predicted molar refractivity (Wildman–Crippen MR) is 84.8 cm³/mol. The summed E-state index contributed by atoms with van der Waals surface area (Å²) in [5.41, 5.74) is 0.750. The smallest absolute Gasteiger partial charge is 0.275 e. The number of nitrogens with zero attached hydrogens (tertiary/aromatic N) is 2. The van der Waals surface area contributed by atoms with Crippen molar-refractivity contribution < 1.29 is 4.79 Å². The molecule has 0 aliphatic heterocycles. The van der Waals surface area contributed by atoms with Crippen molar-refractivity contribution >= 4 is 29.0 Å². The van der Waals surface area contributed by atoms with Crippen molar-refractivity contribution in [1.29, 1.82) is 0 Å². The Morgan fingerprint density at radius 2 is 1.95 bits per heavy atom. The highest BCUT2D eigenvalue weighted by Gasteiger charge is 2.12. The van der Waals surface area contributed by atoms with Crippen molar-refractivity contribution in [3.05, 3.63) is 47.4 Å². The standard InChI is InChI=1S/C15H17ClN4O/c1-15(2,3)20-13-9-17-12(8-18-13)14(21)19-11-6-4-5-10(16)7-11/h4-9H,1-3H3,(H,18,20)(H,19,21). The fourth-order valence-corrected chi connectivity index (χ4v) is 1.85. The lowest BCUT2D eigenvalue weighted by atomic mass is 10.1. The molecule has 110 valence electrons. The number of benzene rings is 1. The van der Waals surface area contributed by atoms with Crippen LogP contribution in [0.4, 0.5) is 11.5 Å². The van der Waals surface area contributed by atoms with Crippen molar-refractivity contribution in [2.75, 3.05) is 10.6 Å². The molecule has 0 atom stereocenters. The van der Waals surface area contributed by atoms with Gasteiger partial charge >= 0.3 is 0 Å². The van der Waals surface area contributed by atoms with Gasteiger partial charge < -0.3 is 10.6 Å². The number of carbonyl (C=O) groups excluding carboxylic acids is 1. The van der Waals surface area contributed by atoms with Crippen LogP contribution in [0.1, 0.15) is 31.3 Å². The highest BCUT2D eigenvalue weighted by Crippen LogP contribution is 2.16. The predicted octanol–water partition coefficient (Wildman–Crippen LogP) is 3.59. The van der Waals surface area contributed by atoms with E-state index in [1.807, 2.05) is 20.8 Å². The molecule has 0 spiro atoms. The van der Waals surface area contributed by atoms with E-state index in [-0.39, 0.29) is 17.1 Å². The van der Waals surface area contributed by atoms with Gasteiger partial charge in [0.1, 0.15) is 11.5 Å². The summed E-state index contributed by atoms with van der Waals surface area (Å²) in [6.45, 7) is 6.07. The van der Waals surface area contributed by atoms with Gasteiger partial charge in [-0.2, -0.15) is 0 Å². The Hall–Kier alpha value is -2.14. The lowest BCUT2D eigenvalue weighted by Gasteiger charge is -2.20. The molecule has 0 aliphatic rings. The van der Waals surface area contributed by atoms with E-state index in [9.17, 15) is 4.79 Å². The van der Waals surface area contributed by atoms with E-state index in [1.54, 1.807) is 24.3 Å². The van der Waals surface area contributed by atoms with Gasteiger partial charge in [0.25, 0.3) is 5.91 Å². The van der Waals surface area contributed by atoms with Gasteiger partial charge in [-0.05, 0) is 39.0 Å². The van der Waals surface area contributed by atoms with Gasteiger partial charge in [0.05, 0.1) is 12.4 Å². The van der Waals surface area contributed by atoms with Crippen LogP contribution in [0.2, 0.25) is 5.02 Å². The van der Waals surface area contributed by atoms with Crippen LogP contribution in [0, 0.1) is 0 Å². The van der Waals surface area contributed by atoms with Crippen molar-refractivity contribution in [2.24, 2.45) is 0 Å². The Kier molecular flexibility index (Phi) is 4.43. The van der Waals surface area contributed by atoms with E-state index >= 15 is 0 Å². The highest BCUT2D eigenvalue weighted by atomic mass is 35.5.